The number of para-hydroxylation sites is 2. The summed E-state index contributed by atoms with van der Waals surface area (Å²) < 4.78 is 0. The van der Waals surface area contributed by atoms with Crippen LogP contribution in [0.1, 0.15) is 30.7 Å². The normalized spacial score (nSPS) is 25.3. The number of likely N-dealkylation sites (N-methyl/N-ethyl adjacent to an activating group) is 1. The van der Waals surface area contributed by atoms with Crippen LogP contribution in [0.15, 0.2) is 24.3 Å². The van der Waals surface area contributed by atoms with Crippen molar-refractivity contribution in [2.24, 2.45) is 0 Å². The molecule has 2 fully saturated rings. The number of hydrogen-bond acceptors (Lipinski definition) is 5. The molecule has 1 aromatic carbocycles. The van der Waals surface area contributed by atoms with Crippen LogP contribution in [0.5, 0.6) is 0 Å². The van der Waals surface area contributed by atoms with E-state index in [0.29, 0.717) is 6.42 Å². The molecule has 6 nitrogen and oxygen atoms in total. The minimum Gasteiger partial charge on any atom is -0.346 e. The predicted octanol–water partition coefficient (Wildman–Crippen LogP) is 2.07. The van der Waals surface area contributed by atoms with Gasteiger partial charge in [-0.05, 0) is 38.9 Å². The molecule has 0 radical (unpaired) electrons. The minimum absolute atomic E-state index is 0.0802. The molecule has 1 amide bonds. The SMILES string of the molecule is Cc1nc2ccccc2nc1CN1CCN(C)[C@@]2(CCC(=O)N(C)CC2)C1. The van der Waals surface area contributed by atoms with Crippen LogP contribution >= 0.6 is 0 Å². The van der Waals surface area contributed by atoms with E-state index in [-0.39, 0.29) is 11.4 Å². The summed E-state index contributed by atoms with van der Waals surface area (Å²) in [5.41, 5.74) is 4.08. The molecule has 2 aliphatic heterocycles. The lowest BCUT2D eigenvalue weighted by Gasteiger charge is -2.49. The number of nitrogens with zero attached hydrogens (tertiary/aromatic N) is 5. The quantitative estimate of drug-likeness (QED) is 0.813. The van der Waals surface area contributed by atoms with Crippen molar-refractivity contribution in [1.29, 1.82) is 0 Å². The number of aryl methyl sites for hydroxylation is 1. The third kappa shape index (κ3) is 3.56. The Balaban J connectivity index is 1.55. The van der Waals surface area contributed by atoms with Crippen LogP contribution in [-0.4, -0.2) is 76.4 Å². The van der Waals surface area contributed by atoms with E-state index in [4.69, 9.17) is 9.97 Å². The number of fused-ring (bicyclic) bond motifs is 1. The van der Waals surface area contributed by atoms with Crippen LogP contribution in [0.25, 0.3) is 11.0 Å². The number of benzene rings is 1. The van der Waals surface area contributed by atoms with Gasteiger partial charge in [0.05, 0.1) is 22.4 Å². The maximum Gasteiger partial charge on any atom is 0.222 e. The van der Waals surface area contributed by atoms with Crippen molar-refractivity contribution in [2.45, 2.75) is 38.3 Å². The van der Waals surface area contributed by atoms with Gasteiger partial charge in [-0.25, -0.2) is 9.97 Å². The second-order valence-electron chi connectivity index (χ2n) is 8.17. The molecule has 1 aromatic heterocycles. The summed E-state index contributed by atoms with van der Waals surface area (Å²) in [6.07, 6.45) is 2.61. The molecule has 2 saturated heterocycles. The van der Waals surface area contributed by atoms with Gasteiger partial charge in [0.2, 0.25) is 5.91 Å². The average molecular weight is 367 g/mol. The number of rotatable bonds is 2. The van der Waals surface area contributed by atoms with Gasteiger partial charge in [-0.15, -0.1) is 0 Å². The van der Waals surface area contributed by atoms with Crippen LogP contribution in [-0.2, 0) is 11.3 Å². The second kappa shape index (κ2) is 7.17. The molecular weight excluding hydrogens is 338 g/mol. The van der Waals surface area contributed by atoms with E-state index in [1.165, 1.54) is 0 Å². The first-order chi connectivity index (χ1) is 13.0. The minimum atomic E-state index is 0.0802. The third-order valence-electron chi connectivity index (χ3n) is 6.44. The first-order valence-electron chi connectivity index (χ1n) is 9.87. The molecule has 0 N–H and O–H groups in total. The van der Waals surface area contributed by atoms with Crippen LogP contribution in [0.4, 0.5) is 0 Å². The Morgan fingerprint density at radius 2 is 1.78 bits per heavy atom. The lowest BCUT2D eigenvalue weighted by Crippen LogP contribution is -2.60. The number of amides is 1. The van der Waals surface area contributed by atoms with Crippen molar-refractivity contribution in [3.05, 3.63) is 35.7 Å². The highest BCUT2D eigenvalue weighted by Gasteiger charge is 2.41. The van der Waals surface area contributed by atoms with Gasteiger partial charge in [0.1, 0.15) is 0 Å². The summed E-state index contributed by atoms with van der Waals surface area (Å²) >= 11 is 0. The Morgan fingerprint density at radius 3 is 2.56 bits per heavy atom. The van der Waals surface area contributed by atoms with Gasteiger partial charge < -0.3 is 4.90 Å². The van der Waals surface area contributed by atoms with Crippen molar-refractivity contribution in [2.75, 3.05) is 40.3 Å². The van der Waals surface area contributed by atoms with Crippen LogP contribution in [0.3, 0.4) is 0 Å². The van der Waals surface area contributed by atoms with Crippen LogP contribution in [0, 0.1) is 6.92 Å². The standard InChI is InChI=1S/C21H29N5O/c1-16-19(23-18-7-5-4-6-17(18)22-16)14-26-13-12-25(3)21(15-26)9-8-20(27)24(2)11-10-21/h4-7H,8-15H2,1-3H3/t21-/m1/s1. The van der Waals surface area contributed by atoms with Crippen LogP contribution in [0.2, 0.25) is 0 Å². The largest absolute Gasteiger partial charge is 0.346 e. The highest BCUT2D eigenvalue weighted by molar-refractivity contribution is 5.76. The summed E-state index contributed by atoms with van der Waals surface area (Å²) in [4.78, 5) is 28.7. The molecule has 4 rings (SSSR count). The van der Waals surface area contributed by atoms with E-state index in [0.717, 1.165) is 68.0 Å². The average Bonchev–Trinajstić information content (AvgIpc) is 2.80. The summed E-state index contributed by atoms with van der Waals surface area (Å²) in [6, 6.07) is 8.07. The Bertz CT molecular complexity index is 854. The Kier molecular flexibility index (Phi) is 4.86. The van der Waals surface area contributed by atoms with Crippen LogP contribution < -0.4 is 0 Å². The Labute approximate surface area is 161 Å². The summed E-state index contributed by atoms with van der Waals surface area (Å²) in [5, 5.41) is 0. The molecular formula is C21H29N5O. The zero-order valence-electron chi connectivity index (χ0n) is 16.6. The van der Waals surface area contributed by atoms with Gasteiger partial charge in [0, 0.05) is 51.7 Å². The Hall–Kier alpha value is -2.05. The third-order valence-corrected chi connectivity index (χ3v) is 6.44. The molecule has 27 heavy (non-hydrogen) atoms. The van der Waals surface area contributed by atoms with E-state index < -0.39 is 0 Å². The van der Waals surface area contributed by atoms with E-state index in [2.05, 4.69) is 23.8 Å². The molecule has 144 valence electrons. The second-order valence-corrected chi connectivity index (χ2v) is 8.17. The summed E-state index contributed by atoms with van der Waals surface area (Å²) in [5.74, 6) is 0.272. The maximum absolute atomic E-state index is 12.2. The van der Waals surface area contributed by atoms with Gasteiger partial charge >= 0.3 is 0 Å². The summed E-state index contributed by atoms with van der Waals surface area (Å²) in [6.45, 7) is 6.75. The lowest BCUT2D eigenvalue weighted by molar-refractivity contribution is -0.129. The van der Waals surface area contributed by atoms with E-state index in [9.17, 15) is 4.79 Å². The van der Waals surface area contributed by atoms with Crippen molar-refractivity contribution < 1.29 is 4.79 Å². The predicted molar refractivity (Wildman–Crippen MR) is 106 cm³/mol. The van der Waals surface area contributed by atoms with Crippen molar-refractivity contribution in [3.63, 3.8) is 0 Å². The summed E-state index contributed by atoms with van der Waals surface area (Å²) in [7, 11) is 4.14. The fourth-order valence-electron chi connectivity index (χ4n) is 4.46. The number of aromatic nitrogens is 2. The van der Waals surface area contributed by atoms with Gasteiger partial charge in [-0.2, -0.15) is 0 Å². The van der Waals surface area contributed by atoms with Gasteiger partial charge in [0.15, 0.2) is 0 Å². The van der Waals surface area contributed by atoms with E-state index in [1.807, 2.05) is 36.2 Å². The smallest absolute Gasteiger partial charge is 0.222 e. The fourth-order valence-corrected chi connectivity index (χ4v) is 4.46. The first kappa shape index (κ1) is 18.3. The van der Waals surface area contributed by atoms with Gasteiger partial charge in [-0.1, -0.05) is 12.1 Å². The highest BCUT2D eigenvalue weighted by Crippen LogP contribution is 2.32. The van der Waals surface area contributed by atoms with Crippen molar-refractivity contribution >= 4 is 16.9 Å². The van der Waals surface area contributed by atoms with E-state index in [1.54, 1.807) is 0 Å². The number of carbonyl (C=O) groups excluding carboxylic acids is 1. The maximum atomic E-state index is 12.2. The monoisotopic (exact) mass is 367 g/mol. The zero-order valence-corrected chi connectivity index (χ0v) is 16.6. The molecule has 1 atom stereocenters. The molecule has 0 saturated carbocycles. The molecule has 0 unspecified atom stereocenters. The molecule has 2 aromatic rings. The van der Waals surface area contributed by atoms with Gasteiger partial charge in [-0.3, -0.25) is 14.6 Å². The highest BCUT2D eigenvalue weighted by atomic mass is 16.2. The van der Waals surface area contributed by atoms with Crippen molar-refractivity contribution in [3.8, 4) is 0 Å². The topological polar surface area (TPSA) is 52.6 Å². The molecule has 1 spiro atoms. The molecule has 2 aliphatic rings. The zero-order chi connectivity index (χ0) is 19.0. The molecule has 0 aliphatic carbocycles. The molecule has 3 heterocycles. The molecule has 6 heteroatoms. The fraction of sp³-hybridized carbons (Fsp3) is 0.571. The number of likely N-dealkylation sites (tertiary alicyclic amines) is 1. The Morgan fingerprint density at radius 1 is 1.04 bits per heavy atom. The lowest BCUT2D eigenvalue weighted by atomic mass is 9.86. The first-order valence-corrected chi connectivity index (χ1v) is 9.87. The van der Waals surface area contributed by atoms with Crippen molar-refractivity contribution in [1.82, 2.24) is 24.7 Å². The number of piperazine rings is 1. The number of hydrogen-bond donors (Lipinski definition) is 0. The number of carbonyl (C=O) groups is 1. The molecule has 0 bridgehead atoms. The van der Waals surface area contributed by atoms with E-state index >= 15 is 0 Å². The van der Waals surface area contributed by atoms with Gasteiger partial charge in [0.25, 0.3) is 0 Å².